The average molecular weight is 1110 g/mol. The Labute approximate surface area is 478 Å². The minimum Gasteiger partial charge on any atom is -0.490 e. The second-order valence-electron chi connectivity index (χ2n) is 20.1. The molecule has 3 aromatic rings. The molecule has 0 fully saturated rings. The smallest absolute Gasteiger partial charge is 0.336 e. The third-order valence-electron chi connectivity index (χ3n) is 13.3. The van der Waals surface area contributed by atoms with Crippen molar-refractivity contribution in [3.05, 3.63) is 90.0 Å². The number of unbranched alkanes of at least 4 members (excludes halogenated alkanes) is 15. The minimum atomic E-state index is -0.641. The Kier molecular flexibility index (Phi) is 36.2. The summed E-state index contributed by atoms with van der Waals surface area (Å²) in [5.41, 5.74) is 1.92. The molecular weight excluding hydrogens is 1020 g/mol. The van der Waals surface area contributed by atoms with Crippen LogP contribution in [0.4, 0.5) is 0 Å². The van der Waals surface area contributed by atoms with E-state index in [1.54, 1.807) is 42.5 Å². The van der Waals surface area contributed by atoms with Gasteiger partial charge in [-0.3, -0.25) is 4.79 Å². The third kappa shape index (κ3) is 27.3. The molecular formula is C66H96O14. The number of carbonyl (C=O) groups is 4. The van der Waals surface area contributed by atoms with Crippen LogP contribution < -0.4 is 33.2 Å². The van der Waals surface area contributed by atoms with E-state index in [-0.39, 0.29) is 36.6 Å². The lowest BCUT2D eigenvalue weighted by Gasteiger charge is -2.25. The highest BCUT2D eigenvalue weighted by atomic mass is 16.6. The predicted octanol–water partition coefficient (Wildman–Crippen LogP) is 15.8. The zero-order chi connectivity index (χ0) is 58.0. The molecule has 0 aliphatic rings. The van der Waals surface area contributed by atoms with E-state index in [1.165, 1.54) is 12.2 Å². The monoisotopic (exact) mass is 1110 g/mol. The van der Waals surface area contributed by atoms with Crippen molar-refractivity contribution in [3.63, 3.8) is 0 Å². The van der Waals surface area contributed by atoms with Gasteiger partial charge in [0.2, 0.25) is 5.75 Å². The van der Waals surface area contributed by atoms with Gasteiger partial charge in [0.05, 0.1) is 45.6 Å². The van der Waals surface area contributed by atoms with Gasteiger partial charge in [0, 0.05) is 41.5 Å². The number of esters is 4. The van der Waals surface area contributed by atoms with Gasteiger partial charge in [0.15, 0.2) is 23.0 Å². The summed E-state index contributed by atoms with van der Waals surface area (Å²) in [6.07, 6.45) is 27.1. The first-order valence-electron chi connectivity index (χ1n) is 30.0. The summed E-state index contributed by atoms with van der Waals surface area (Å²) in [7, 11) is 0. The molecule has 0 saturated heterocycles. The van der Waals surface area contributed by atoms with Crippen LogP contribution in [0, 0.1) is 5.92 Å². The Bertz CT molecular complexity index is 2280. The first-order valence-corrected chi connectivity index (χ1v) is 30.0. The molecule has 0 aliphatic heterocycles. The normalized spacial score (nSPS) is 12.0. The van der Waals surface area contributed by atoms with Crippen LogP contribution in [-0.4, -0.2) is 75.2 Å². The van der Waals surface area contributed by atoms with Crippen LogP contribution in [0.3, 0.4) is 0 Å². The van der Waals surface area contributed by atoms with Crippen LogP contribution in [0.25, 0.3) is 12.2 Å². The minimum absolute atomic E-state index is 0.0914. The van der Waals surface area contributed by atoms with Gasteiger partial charge in [-0.1, -0.05) is 144 Å². The SMILES string of the molecule is C=CC(=O)OCCCCOc1ccc(C=CC(=O)Oc2ccc(OC(=O)C=Cc3ccc(C(CCCCCO)OC(=O)C(C)CC)c(OCCCCCC)c3OCCCCCC)cc2)c(OCCCCCC)c1OCCCCCC. The van der Waals surface area contributed by atoms with Crippen molar-refractivity contribution >= 4 is 36.0 Å². The van der Waals surface area contributed by atoms with Gasteiger partial charge in [0.25, 0.3) is 0 Å². The molecule has 0 aromatic heterocycles. The summed E-state index contributed by atoms with van der Waals surface area (Å²) in [4.78, 5) is 51.5. The lowest BCUT2D eigenvalue weighted by molar-refractivity contribution is -0.154. The average Bonchev–Trinajstić information content (AvgIpc) is 3.48. The molecule has 2 unspecified atom stereocenters. The maximum Gasteiger partial charge on any atom is 0.336 e. The molecule has 14 heteroatoms. The van der Waals surface area contributed by atoms with Crippen molar-refractivity contribution in [1.29, 1.82) is 0 Å². The number of hydrogen-bond donors (Lipinski definition) is 1. The largest absolute Gasteiger partial charge is 0.490 e. The highest BCUT2D eigenvalue weighted by Crippen LogP contribution is 2.44. The van der Waals surface area contributed by atoms with Gasteiger partial charge in [0.1, 0.15) is 17.6 Å². The molecule has 0 radical (unpaired) electrons. The summed E-state index contributed by atoms with van der Waals surface area (Å²) in [5.74, 6) is 0.599. The van der Waals surface area contributed by atoms with Crippen molar-refractivity contribution in [1.82, 2.24) is 0 Å². The van der Waals surface area contributed by atoms with Crippen LogP contribution >= 0.6 is 0 Å². The highest BCUT2D eigenvalue weighted by Gasteiger charge is 2.27. The Morgan fingerprint density at radius 1 is 0.487 bits per heavy atom. The summed E-state index contributed by atoms with van der Waals surface area (Å²) >= 11 is 0. The Morgan fingerprint density at radius 2 is 0.925 bits per heavy atom. The Balaban J connectivity index is 1.87. The van der Waals surface area contributed by atoms with Crippen molar-refractivity contribution in [2.75, 3.05) is 46.2 Å². The number of carbonyl (C=O) groups excluding carboxylic acids is 4. The van der Waals surface area contributed by atoms with Crippen molar-refractivity contribution in [3.8, 4) is 40.2 Å². The fourth-order valence-corrected chi connectivity index (χ4v) is 8.31. The van der Waals surface area contributed by atoms with Gasteiger partial charge in [-0.05, 0) is 113 Å². The maximum atomic E-state index is 13.4. The zero-order valence-electron chi connectivity index (χ0n) is 49.3. The number of aliphatic hydroxyl groups is 1. The summed E-state index contributed by atoms with van der Waals surface area (Å²) < 4.78 is 54.9. The van der Waals surface area contributed by atoms with Crippen LogP contribution in [0.2, 0.25) is 0 Å². The quantitative estimate of drug-likeness (QED) is 0.0245. The molecule has 0 heterocycles. The fraction of sp³-hybridized carbons (Fsp3) is 0.576. The molecule has 0 bridgehead atoms. The molecule has 1 N–H and O–H groups in total. The van der Waals surface area contributed by atoms with Crippen LogP contribution in [-0.2, 0) is 28.7 Å². The summed E-state index contributed by atoms with van der Waals surface area (Å²) in [6, 6.07) is 13.6. The maximum absolute atomic E-state index is 13.4. The van der Waals surface area contributed by atoms with E-state index < -0.39 is 24.0 Å². The number of hydrogen-bond acceptors (Lipinski definition) is 14. The van der Waals surface area contributed by atoms with E-state index >= 15 is 0 Å². The molecule has 3 aromatic carbocycles. The van der Waals surface area contributed by atoms with Crippen molar-refractivity contribution < 1.29 is 66.9 Å². The molecule has 0 spiro atoms. The van der Waals surface area contributed by atoms with E-state index in [0.717, 1.165) is 122 Å². The third-order valence-corrected chi connectivity index (χ3v) is 13.3. The van der Waals surface area contributed by atoms with E-state index in [0.29, 0.717) is 111 Å². The molecule has 14 nitrogen and oxygen atoms in total. The molecule has 0 amide bonds. The van der Waals surface area contributed by atoms with Gasteiger partial charge in [-0.15, -0.1) is 0 Å². The lowest BCUT2D eigenvalue weighted by Crippen LogP contribution is -2.19. The van der Waals surface area contributed by atoms with Gasteiger partial charge >= 0.3 is 23.9 Å². The van der Waals surface area contributed by atoms with E-state index in [4.69, 9.17) is 42.6 Å². The number of ether oxygens (including phenoxy) is 9. The molecule has 0 aliphatic carbocycles. The van der Waals surface area contributed by atoms with E-state index in [9.17, 15) is 24.3 Å². The molecule has 0 saturated carbocycles. The number of rotatable bonds is 46. The van der Waals surface area contributed by atoms with E-state index in [1.807, 2.05) is 32.0 Å². The van der Waals surface area contributed by atoms with Gasteiger partial charge in [-0.25, -0.2) is 14.4 Å². The fourth-order valence-electron chi connectivity index (χ4n) is 8.31. The number of benzene rings is 3. The van der Waals surface area contributed by atoms with Gasteiger partial charge < -0.3 is 47.7 Å². The number of aliphatic hydroxyl groups excluding tert-OH is 1. The molecule has 2 atom stereocenters. The summed E-state index contributed by atoms with van der Waals surface area (Å²) in [5, 5.41) is 9.49. The van der Waals surface area contributed by atoms with Crippen LogP contribution in [0.1, 0.15) is 212 Å². The predicted molar refractivity (Wildman–Crippen MR) is 317 cm³/mol. The first-order chi connectivity index (χ1) is 39.0. The second kappa shape index (κ2) is 42.6. The lowest BCUT2D eigenvalue weighted by atomic mass is 9.98. The molecule has 444 valence electrons. The standard InChI is InChI=1S/C66H96O14/c1-8-14-18-25-47-74-62-52(32-40-56(64(62)76-49-27-20-16-10-3)57(31-23-22-24-44-67)80-66(71)51(7)12-5)34-42-60(69)78-54-36-38-55(39-37-54)79-61(70)43-35-53-33-41-58(72-45-29-30-46-73-59(68)13-6)65(77-50-28-21-17-11-4)63(53)75-48-26-19-15-9-2/h13,32-43,51,57,67H,6,8-12,14-31,44-50H2,1-5,7H3. The highest BCUT2D eigenvalue weighted by molar-refractivity contribution is 5.90. The van der Waals surface area contributed by atoms with Crippen molar-refractivity contribution in [2.24, 2.45) is 5.92 Å². The van der Waals surface area contributed by atoms with E-state index in [2.05, 4.69) is 34.3 Å². The van der Waals surface area contributed by atoms with Crippen molar-refractivity contribution in [2.45, 2.75) is 195 Å². The zero-order valence-corrected chi connectivity index (χ0v) is 49.3. The first kappa shape index (κ1) is 68.0. The van der Waals surface area contributed by atoms with Crippen LogP contribution in [0.15, 0.2) is 73.3 Å². The van der Waals surface area contributed by atoms with Crippen LogP contribution in [0.5, 0.6) is 40.2 Å². The summed E-state index contributed by atoms with van der Waals surface area (Å²) in [6.45, 7) is 18.4. The Morgan fingerprint density at radius 3 is 1.41 bits per heavy atom. The molecule has 80 heavy (non-hydrogen) atoms. The Hall–Kier alpha value is -6.28. The topological polar surface area (TPSA) is 172 Å². The molecule has 3 rings (SSSR count). The van der Waals surface area contributed by atoms with Gasteiger partial charge in [-0.2, -0.15) is 0 Å². The second-order valence-corrected chi connectivity index (χ2v) is 20.1.